The average molecular weight is 242 g/mol. The van der Waals surface area contributed by atoms with Crippen LogP contribution in [0.25, 0.3) is 0 Å². The summed E-state index contributed by atoms with van der Waals surface area (Å²) in [4.78, 5) is 1.81. The Hall–Kier alpha value is -1.23. The molecule has 0 spiro atoms. The van der Waals surface area contributed by atoms with Crippen LogP contribution in [0.15, 0.2) is 18.2 Å². The van der Waals surface area contributed by atoms with Gasteiger partial charge in [-0.1, -0.05) is 0 Å². The number of hydrogen-bond acceptors (Lipinski definition) is 1. The highest BCUT2D eigenvalue weighted by Crippen LogP contribution is 2.29. The molecule has 1 aliphatic heterocycles. The molecule has 1 aromatic carbocycles. The molecule has 0 radical (unpaired) electrons. The first-order valence-electron chi connectivity index (χ1n) is 5.07. The Kier molecular flexibility index (Phi) is 3.05. The molecule has 1 aromatic rings. The highest BCUT2D eigenvalue weighted by Gasteiger charge is 2.26. The zero-order chi connectivity index (χ0) is 11.7. The molecule has 1 saturated heterocycles. The topological polar surface area (TPSA) is 29.3 Å². The van der Waals surface area contributed by atoms with E-state index in [4.69, 9.17) is 18.0 Å². The van der Waals surface area contributed by atoms with E-state index in [0.717, 1.165) is 18.6 Å². The van der Waals surface area contributed by atoms with Crippen LogP contribution in [-0.2, 0) is 0 Å². The maximum Gasteiger partial charge on any atom is 0.166 e. The third kappa shape index (κ3) is 2.14. The fourth-order valence-corrected chi connectivity index (χ4v) is 2.21. The van der Waals surface area contributed by atoms with E-state index in [1.165, 1.54) is 6.07 Å². The first-order valence-corrected chi connectivity index (χ1v) is 5.48. The summed E-state index contributed by atoms with van der Waals surface area (Å²) in [7, 11) is 0. The van der Waals surface area contributed by atoms with Gasteiger partial charge in [0.2, 0.25) is 0 Å². The van der Waals surface area contributed by atoms with Crippen molar-refractivity contribution < 1.29 is 8.78 Å². The van der Waals surface area contributed by atoms with Crippen molar-refractivity contribution in [2.24, 2.45) is 5.73 Å². The zero-order valence-corrected chi connectivity index (χ0v) is 9.44. The Bertz CT molecular complexity index is 422. The minimum absolute atomic E-state index is 0.0304. The lowest BCUT2D eigenvalue weighted by atomic mass is 9.98. The largest absolute Gasteiger partial charge is 0.376 e. The molecule has 0 amide bonds. The lowest BCUT2D eigenvalue weighted by Crippen LogP contribution is -2.33. The molecule has 2 rings (SSSR count). The molecule has 2 nitrogen and oxygen atoms in total. The summed E-state index contributed by atoms with van der Waals surface area (Å²) in [5.74, 6) is -0.807. The summed E-state index contributed by atoms with van der Waals surface area (Å²) in [6.45, 7) is 1.27. The van der Waals surface area contributed by atoms with Crippen LogP contribution < -0.4 is 5.73 Å². The number of halogens is 2. The second-order valence-electron chi connectivity index (χ2n) is 3.94. The van der Waals surface area contributed by atoms with Crippen molar-refractivity contribution in [2.75, 3.05) is 13.1 Å². The standard InChI is InChI=1S/C11H12F2N2S/c12-8-1-2-10(13)9(5-8)7-3-4-15(6-7)11(14)16/h1-2,5,7H,3-4,6H2,(H2,14,16). The van der Waals surface area contributed by atoms with Crippen molar-refractivity contribution in [2.45, 2.75) is 12.3 Å². The van der Waals surface area contributed by atoms with E-state index >= 15 is 0 Å². The quantitative estimate of drug-likeness (QED) is 0.764. The number of hydrogen-bond donors (Lipinski definition) is 1. The van der Waals surface area contributed by atoms with Crippen molar-refractivity contribution in [1.29, 1.82) is 0 Å². The van der Waals surface area contributed by atoms with E-state index in [1.807, 2.05) is 4.90 Å². The van der Waals surface area contributed by atoms with Crippen LogP contribution >= 0.6 is 12.2 Å². The van der Waals surface area contributed by atoms with Crippen LogP contribution in [0.1, 0.15) is 17.9 Å². The fraction of sp³-hybridized carbons (Fsp3) is 0.364. The van der Waals surface area contributed by atoms with Crippen LogP contribution in [0, 0.1) is 11.6 Å². The maximum absolute atomic E-state index is 13.5. The smallest absolute Gasteiger partial charge is 0.166 e. The normalized spacial score (nSPS) is 20.1. The number of thiocarbonyl (C=S) groups is 1. The van der Waals surface area contributed by atoms with Crippen LogP contribution in [0.4, 0.5) is 8.78 Å². The zero-order valence-electron chi connectivity index (χ0n) is 8.62. The highest BCUT2D eigenvalue weighted by atomic mass is 32.1. The predicted molar refractivity (Wildman–Crippen MR) is 62.1 cm³/mol. The van der Waals surface area contributed by atoms with Gasteiger partial charge in [-0.25, -0.2) is 8.78 Å². The minimum atomic E-state index is -0.412. The van der Waals surface area contributed by atoms with Crippen molar-refractivity contribution >= 4 is 17.3 Å². The first-order chi connectivity index (χ1) is 7.58. The van der Waals surface area contributed by atoms with Gasteiger partial charge in [-0.2, -0.15) is 0 Å². The van der Waals surface area contributed by atoms with Crippen LogP contribution in [0.2, 0.25) is 0 Å². The van der Waals surface area contributed by atoms with Gasteiger partial charge in [0.1, 0.15) is 11.6 Å². The molecule has 1 fully saturated rings. The fourth-order valence-electron chi connectivity index (χ4n) is 2.04. The van der Waals surface area contributed by atoms with Gasteiger partial charge in [0.15, 0.2) is 5.11 Å². The lowest BCUT2D eigenvalue weighted by molar-refractivity contribution is 0.506. The molecule has 2 N–H and O–H groups in total. The monoisotopic (exact) mass is 242 g/mol. The van der Waals surface area contributed by atoms with Gasteiger partial charge in [0.05, 0.1) is 0 Å². The third-order valence-electron chi connectivity index (χ3n) is 2.90. The molecule has 86 valence electrons. The van der Waals surface area contributed by atoms with Gasteiger partial charge < -0.3 is 10.6 Å². The number of nitrogens with two attached hydrogens (primary N) is 1. The molecular formula is C11H12F2N2S. The molecule has 1 atom stereocenters. The Morgan fingerprint density at radius 2 is 2.19 bits per heavy atom. The lowest BCUT2D eigenvalue weighted by Gasteiger charge is -2.16. The summed E-state index contributed by atoms with van der Waals surface area (Å²) >= 11 is 4.85. The molecule has 16 heavy (non-hydrogen) atoms. The first kappa shape index (κ1) is 11.3. The van der Waals surface area contributed by atoms with Crippen molar-refractivity contribution in [3.8, 4) is 0 Å². The highest BCUT2D eigenvalue weighted by molar-refractivity contribution is 7.80. The number of rotatable bonds is 1. The van der Waals surface area contributed by atoms with Crippen LogP contribution in [0.3, 0.4) is 0 Å². The number of nitrogens with zero attached hydrogens (tertiary/aromatic N) is 1. The van der Waals surface area contributed by atoms with Crippen LogP contribution in [0.5, 0.6) is 0 Å². The molecule has 1 unspecified atom stereocenters. The summed E-state index contributed by atoms with van der Waals surface area (Å²) in [5.41, 5.74) is 5.91. The molecule has 0 aromatic heterocycles. The average Bonchev–Trinajstić information content (AvgIpc) is 2.70. The molecule has 1 aliphatic rings. The van der Waals surface area contributed by atoms with Crippen molar-refractivity contribution in [1.82, 2.24) is 4.90 Å². The van der Waals surface area contributed by atoms with E-state index in [9.17, 15) is 8.78 Å². The molecule has 1 heterocycles. The van der Waals surface area contributed by atoms with E-state index in [1.54, 1.807) is 0 Å². The SMILES string of the molecule is NC(=S)N1CCC(c2cc(F)ccc2F)C1. The number of benzene rings is 1. The van der Waals surface area contributed by atoms with Crippen molar-refractivity contribution in [3.05, 3.63) is 35.4 Å². The van der Waals surface area contributed by atoms with Gasteiger partial charge in [-0.3, -0.25) is 0 Å². The third-order valence-corrected chi connectivity index (χ3v) is 3.16. The maximum atomic E-state index is 13.5. The molecule has 0 saturated carbocycles. The summed E-state index contributed by atoms with van der Waals surface area (Å²) in [6.07, 6.45) is 0.748. The summed E-state index contributed by atoms with van der Waals surface area (Å²) in [5, 5.41) is 0.319. The molecular weight excluding hydrogens is 230 g/mol. The van der Waals surface area contributed by atoms with Gasteiger partial charge in [0.25, 0.3) is 0 Å². The minimum Gasteiger partial charge on any atom is -0.376 e. The Balaban J connectivity index is 2.20. The second-order valence-corrected chi connectivity index (χ2v) is 4.35. The summed E-state index contributed by atoms with van der Waals surface area (Å²) in [6, 6.07) is 3.54. The van der Waals surface area contributed by atoms with E-state index in [0.29, 0.717) is 23.8 Å². The summed E-state index contributed by atoms with van der Waals surface area (Å²) < 4.78 is 26.5. The Morgan fingerprint density at radius 1 is 1.44 bits per heavy atom. The van der Waals surface area contributed by atoms with Gasteiger partial charge >= 0.3 is 0 Å². The molecule has 0 bridgehead atoms. The molecule has 0 aliphatic carbocycles. The van der Waals surface area contributed by atoms with Crippen molar-refractivity contribution in [3.63, 3.8) is 0 Å². The molecule has 5 heteroatoms. The van der Waals surface area contributed by atoms with Gasteiger partial charge in [-0.05, 0) is 42.4 Å². The predicted octanol–water partition coefficient (Wildman–Crippen LogP) is 2.00. The number of likely N-dealkylation sites (tertiary alicyclic amines) is 1. The van der Waals surface area contributed by atoms with E-state index < -0.39 is 5.82 Å². The van der Waals surface area contributed by atoms with E-state index in [-0.39, 0.29) is 11.7 Å². The Morgan fingerprint density at radius 3 is 2.81 bits per heavy atom. The van der Waals surface area contributed by atoms with Crippen LogP contribution in [-0.4, -0.2) is 23.1 Å². The van der Waals surface area contributed by atoms with Gasteiger partial charge in [0, 0.05) is 19.0 Å². The van der Waals surface area contributed by atoms with Gasteiger partial charge in [-0.15, -0.1) is 0 Å². The Labute approximate surface area is 98.0 Å². The van der Waals surface area contributed by atoms with E-state index in [2.05, 4.69) is 0 Å². The second kappa shape index (κ2) is 4.33.